The van der Waals surface area contributed by atoms with Gasteiger partial charge in [-0.15, -0.1) is 0 Å². The van der Waals surface area contributed by atoms with E-state index in [1.165, 1.54) is 19.3 Å². The molecule has 0 spiro atoms. The predicted molar refractivity (Wildman–Crippen MR) is 76.1 cm³/mol. The Morgan fingerprint density at radius 3 is 2.84 bits per heavy atom. The Hall–Kier alpha value is -1.11. The molecule has 2 saturated carbocycles. The summed E-state index contributed by atoms with van der Waals surface area (Å²) in [4.78, 5) is 12.3. The highest BCUT2D eigenvalue weighted by molar-refractivity contribution is 5.87. The van der Waals surface area contributed by atoms with Gasteiger partial charge in [-0.25, -0.2) is 0 Å². The molecule has 3 aliphatic rings. The first-order valence-electron chi connectivity index (χ1n) is 7.81. The fourth-order valence-electron chi connectivity index (χ4n) is 5.29. The Kier molecular flexibility index (Phi) is 2.43. The maximum Gasteiger partial charge on any atom is 0.139 e. The molecule has 1 aromatic carbocycles. The second-order valence-corrected chi connectivity index (χ2v) is 7.03. The van der Waals surface area contributed by atoms with Crippen LogP contribution in [0, 0.1) is 17.3 Å². The van der Waals surface area contributed by atoms with Crippen molar-refractivity contribution in [2.75, 3.05) is 0 Å². The van der Waals surface area contributed by atoms with Gasteiger partial charge in [0.15, 0.2) is 0 Å². The second kappa shape index (κ2) is 3.94. The van der Waals surface area contributed by atoms with E-state index in [4.69, 9.17) is 0 Å². The number of carbonyl (C=O) groups excluding carboxylic acids is 1. The largest absolute Gasteiger partial charge is 0.299 e. The van der Waals surface area contributed by atoms with Crippen molar-refractivity contribution in [2.24, 2.45) is 17.3 Å². The van der Waals surface area contributed by atoms with Gasteiger partial charge in [-0.05, 0) is 61.0 Å². The van der Waals surface area contributed by atoms with E-state index < -0.39 is 0 Å². The average molecular weight is 254 g/mol. The van der Waals surface area contributed by atoms with Crippen LogP contribution in [0.2, 0.25) is 0 Å². The molecule has 0 unspecified atom stereocenters. The van der Waals surface area contributed by atoms with Crippen LogP contribution in [-0.2, 0) is 11.2 Å². The Labute approximate surface area is 115 Å². The molecule has 1 aromatic rings. The van der Waals surface area contributed by atoms with E-state index in [0.29, 0.717) is 11.7 Å². The van der Waals surface area contributed by atoms with Crippen molar-refractivity contribution in [3.8, 4) is 0 Å². The second-order valence-electron chi connectivity index (χ2n) is 7.03. The van der Waals surface area contributed by atoms with Crippen LogP contribution in [0.5, 0.6) is 0 Å². The standard InChI is InChI=1S/C18H22O/c1-18-11-10-14-13-5-3-2-4-12(13)6-7-15(14)16(18)8-9-17(18)19/h2-5,14-16H,6-11H2,1H3/t14-,15-,16-,18+/m1/s1. The van der Waals surface area contributed by atoms with Crippen LogP contribution < -0.4 is 0 Å². The van der Waals surface area contributed by atoms with Gasteiger partial charge in [-0.1, -0.05) is 31.2 Å². The number of aryl methyl sites for hydroxylation is 1. The molecule has 0 aliphatic heterocycles. The molecule has 100 valence electrons. The van der Waals surface area contributed by atoms with Crippen LogP contribution in [0.25, 0.3) is 0 Å². The number of Topliss-reactive ketones (excluding diaryl/α,β-unsaturated/α-hetero) is 1. The molecular formula is C18H22O. The maximum absolute atomic E-state index is 12.3. The Balaban J connectivity index is 1.74. The fourth-order valence-corrected chi connectivity index (χ4v) is 5.29. The van der Waals surface area contributed by atoms with Crippen molar-refractivity contribution < 1.29 is 4.79 Å². The summed E-state index contributed by atoms with van der Waals surface area (Å²) in [5, 5.41) is 0. The van der Waals surface area contributed by atoms with E-state index in [0.717, 1.165) is 31.1 Å². The van der Waals surface area contributed by atoms with Gasteiger partial charge in [0.05, 0.1) is 0 Å². The Morgan fingerprint density at radius 1 is 1.11 bits per heavy atom. The van der Waals surface area contributed by atoms with Crippen molar-refractivity contribution in [2.45, 2.75) is 51.4 Å². The lowest BCUT2D eigenvalue weighted by Gasteiger charge is -2.48. The molecule has 2 fully saturated rings. The van der Waals surface area contributed by atoms with Crippen molar-refractivity contribution in [1.29, 1.82) is 0 Å². The molecule has 1 nitrogen and oxygen atoms in total. The van der Waals surface area contributed by atoms with Gasteiger partial charge >= 0.3 is 0 Å². The number of ketones is 1. The molecule has 0 heterocycles. The zero-order valence-electron chi connectivity index (χ0n) is 11.7. The van der Waals surface area contributed by atoms with E-state index >= 15 is 0 Å². The fraction of sp³-hybridized carbons (Fsp3) is 0.611. The van der Waals surface area contributed by atoms with Crippen molar-refractivity contribution in [3.63, 3.8) is 0 Å². The van der Waals surface area contributed by atoms with Gasteiger partial charge in [-0.2, -0.15) is 0 Å². The van der Waals surface area contributed by atoms with Crippen LogP contribution in [0.4, 0.5) is 0 Å². The molecule has 0 aromatic heterocycles. The van der Waals surface area contributed by atoms with Crippen LogP contribution in [0.3, 0.4) is 0 Å². The topological polar surface area (TPSA) is 17.1 Å². The summed E-state index contributed by atoms with van der Waals surface area (Å²) in [6.07, 6.45) is 6.85. The molecule has 3 aliphatic carbocycles. The van der Waals surface area contributed by atoms with E-state index in [1.54, 1.807) is 11.1 Å². The summed E-state index contributed by atoms with van der Waals surface area (Å²) in [6, 6.07) is 9.00. The smallest absolute Gasteiger partial charge is 0.139 e. The third kappa shape index (κ3) is 1.50. The maximum atomic E-state index is 12.3. The lowest BCUT2D eigenvalue weighted by Crippen LogP contribution is -2.42. The molecule has 1 heteroatoms. The summed E-state index contributed by atoms with van der Waals surface area (Å²) in [7, 11) is 0. The highest BCUT2D eigenvalue weighted by Gasteiger charge is 2.54. The molecule has 0 amide bonds. The van der Waals surface area contributed by atoms with Gasteiger partial charge in [-0.3, -0.25) is 4.79 Å². The van der Waals surface area contributed by atoms with Crippen molar-refractivity contribution in [3.05, 3.63) is 35.4 Å². The normalized spacial score (nSPS) is 40.5. The minimum absolute atomic E-state index is 0.0213. The van der Waals surface area contributed by atoms with E-state index in [9.17, 15) is 4.79 Å². The summed E-state index contributed by atoms with van der Waals surface area (Å²) in [5.74, 6) is 2.70. The van der Waals surface area contributed by atoms with E-state index in [2.05, 4.69) is 31.2 Å². The van der Waals surface area contributed by atoms with E-state index in [1.807, 2.05) is 0 Å². The van der Waals surface area contributed by atoms with Crippen LogP contribution in [0.1, 0.15) is 56.1 Å². The number of hydrogen-bond donors (Lipinski definition) is 0. The van der Waals surface area contributed by atoms with Crippen LogP contribution in [0.15, 0.2) is 24.3 Å². The van der Waals surface area contributed by atoms with Gasteiger partial charge in [0.25, 0.3) is 0 Å². The lowest BCUT2D eigenvalue weighted by atomic mass is 9.55. The van der Waals surface area contributed by atoms with Gasteiger partial charge in [0, 0.05) is 11.8 Å². The number of rotatable bonds is 0. The summed E-state index contributed by atoms with van der Waals surface area (Å²) < 4.78 is 0. The third-order valence-electron chi connectivity index (χ3n) is 6.35. The number of benzene rings is 1. The molecule has 0 radical (unpaired) electrons. The molecule has 0 N–H and O–H groups in total. The highest BCUT2D eigenvalue weighted by atomic mass is 16.1. The zero-order valence-corrected chi connectivity index (χ0v) is 11.7. The Bertz CT molecular complexity index is 532. The van der Waals surface area contributed by atoms with Crippen LogP contribution >= 0.6 is 0 Å². The first-order valence-corrected chi connectivity index (χ1v) is 7.81. The lowest BCUT2D eigenvalue weighted by molar-refractivity contribution is -0.129. The third-order valence-corrected chi connectivity index (χ3v) is 6.35. The molecule has 19 heavy (non-hydrogen) atoms. The van der Waals surface area contributed by atoms with Crippen LogP contribution in [-0.4, -0.2) is 5.78 Å². The van der Waals surface area contributed by atoms with Gasteiger partial charge in [0.2, 0.25) is 0 Å². The van der Waals surface area contributed by atoms with E-state index in [-0.39, 0.29) is 5.41 Å². The minimum atomic E-state index is 0.0213. The molecule has 0 saturated heterocycles. The van der Waals surface area contributed by atoms with Gasteiger partial charge in [0.1, 0.15) is 5.78 Å². The number of hydrogen-bond acceptors (Lipinski definition) is 1. The predicted octanol–water partition coefficient (Wildman–Crippen LogP) is 4.11. The average Bonchev–Trinajstić information content (AvgIpc) is 2.75. The minimum Gasteiger partial charge on any atom is -0.299 e. The van der Waals surface area contributed by atoms with Gasteiger partial charge < -0.3 is 0 Å². The number of carbonyl (C=O) groups is 1. The quantitative estimate of drug-likeness (QED) is 0.681. The molecule has 4 rings (SSSR count). The Morgan fingerprint density at radius 2 is 1.95 bits per heavy atom. The molecular weight excluding hydrogens is 232 g/mol. The molecule has 4 atom stereocenters. The first-order chi connectivity index (χ1) is 9.20. The number of fused-ring (bicyclic) bond motifs is 5. The summed E-state index contributed by atoms with van der Waals surface area (Å²) in [5.41, 5.74) is 3.19. The molecule has 0 bridgehead atoms. The monoisotopic (exact) mass is 254 g/mol. The zero-order chi connectivity index (χ0) is 13.0. The SMILES string of the molecule is C[C@]12CC[C@@H]3c4ccccc4CC[C@H]3[C@H]1CCC2=O. The van der Waals surface area contributed by atoms with Crippen molar-refractivity contribution >= 4 is 5.78 Å². The summed E-state index contributed by atoms with van der Waals surface area (Å²) in [6.45, 7) is 2.25. The van der Waals surface area contributed by atoms with Crippen molar-refractivity contribution in [1.82, 2.24) is 0 Å². The first kappa shape index (κ1) is 11.7. The summed E-state index contributed by atoms with van der Waals surface area (Å²) >= 11 is 0. The highest BCUT2D eigenvalue weighted by Crippen LogP contribution is 2.59.